The fraction of sp³-hybridized carbons (Fsp3) is 0.391. The van der Waals surface area contributed by atoms with E-state index in [2.05, 4.69) is 17.0 Å². The minimum absolute atomic E-state index is 0.236. The molecule has 0 bridgehead atoms. The Kier molecular flexibility index (Phi) is 6.80. The summed E-state index contributed by atoms with van der Waals surface area (Å²) in [4.78, 5) is 28.9. The lowest BCUT2D eigenvalue weighted by Gasteiger charge is -2.24. The fourth-order valence-electron chi connectivity index (χ4n) is 3.13. The molecule has 0 spiro atoms. The maximum Gasteiger partial charge on any atom is 0.421 e. The number of carbonyl (C=O) groups excluding carboxylic acids is 2. The molecule has 7 heteroatoms. The van der Waals surface area contributed by atoms with Crippen LogP contribution in [0.15, 0.2) is 42.4 Å². The first-order valence-electron chi connectivity index (χ1n) is 9.93. The molecule has 0 unspecified atom stereocenters. The number of allylic oxidation sites excluding steroid dienone is 1. The molecular weight excluding hydrogens is 382 g/mol. The molecule has 2 heterocycles. The Bertz CT molecular complexity index is 972. The molecule has 0 amide bonds. The number of aromatic nitrogens is 1. The molecule has 30 heavy (non-hydrogen) atoms. The lowest BCUT2D eigenvalue weighted by Crippen LogP contribution is -2.24. The molecule has 7 nitrogen and oxygen atoms in total. The Morgan fingerprint density at radius 3 is 2.80 bits per heavy atom. The van der Waals surface area contributed by atoms with E-state index >= 15 is 0 Å². The van der Waals surface area contributed by atoms with Gasteiger partial charge in [-0.05, 0) is 52.1 Å². The van der Waals surface area contributed by atoms with Gasteiger partial charge in [0.05, 0.1) is 16.5 Å². The van der Waals surface area contributed by atoms with Crippen LogP contribution in [0.4, 0.5) is 4.79 Å². The normalized spacial score (nSPS) is 13.5. The van der Waals surface area contributed by atoms with Gasteiger partial charge in [-0.25, -0.2) is 9.59 Å². The third-order valence-corrected chi connectivity index (χ3v) is 4.82. The molecule has 0 radical (unpaired) electrons. The van der Waals surface area contributed by atoms with Gasteiger partial charge in [0.2, 0.25) is 6.79 Å². The van der Waals surface area contributed by atoms with Crippen LogP contribution in [0.1, 0.15) is 25.8 Å². The molecule has 2 aromatic rings. The average Bonchev–Trinajstić information content (AvgIpc) is 3.11. The summed E-state index contributed by atoms with van der Waals surface area (Å²) in [5.74, 6) is -0.496. The topological polar surface area (TPSA) is 64.0 Å². The highest BCUT2D eigenvalue weighted by molar-refractivity contribution is 5.91. The molecule has 0 saturated carbocycles. The maximum atomic E-state index is 12.6. The second-order valence-corrected chi connectivity index (χ2v) is 7.68. The number of nitrogens with zero attached hydrogens (tertiary/aromatic N) is 3. The minimum atomic E-state index is -0.607. The largest absolute Gasteiger partial charge is 0.424 e. The van der Waals surface area contributed by atoms with Gasteiger partial charge in [0.25, 0.3) is 0 Å². The van der Waals surface area contributed by atoms with Crippen LogP contribution in [-0.4, -0.2) is 59.9 Å². The van der Waals surface area contributed by atoms with E-state index in [1.165, 1.54) is 4.57 Å². The lowest BCUT2D eigenvalue weighted by molar-refractivity contribution is -0.147. The highest BCUT2D eigenvalue weighted by Gasteiger charge is 2.18. The third kappa shape index (κ3) is 5.02. The van der Waals surface area contributed by atoms with Gasteiger partial charge in [0, 0.05) is 37.6 Å². The van der Waals surface area contributed by atoms with Crippen molar-refractivity contribution in [1.82, 2.24) is 14.4 Å². The summed E-state index contributed by atoms with van der Waals surface area (Å²) in [5.41, 5.74) is 2.19. The molecule has 1 aromatic carbocycles. The molecule has 3 rings (SSSR count). The summed E-state index contributed by atoms with van der Waals surface area (Å²) in [6.45, 7) is 4.45. The standard InChI is InChI=1S/C23H27N3O4/c1-17(2)25-12-7-8-19(14-25)22(27)29-16-30-23(28)26-15-18(11-13-24(3)4)20-9-5-6-10-21(20)26/h6-7,10,12,14-15,17H,8,11,13,16H2,1-4H3. The first kappa shape index (κ1) is 21.5. The zero-order chi connectivity index (χ0) is 21.7. The maximum absolute atomic E-state index is 12.6. The highest BCUT2D eigenvalue weighted by atomic mass is 16.7. The minimum Gasteiger partial charge on any atom is -0.424 e. The van der Waals surface area contributed by atoms with Crippen LogP contribution in [0, 0.1) is 12.1 Å². The molecule has 0 fully saturated rings. The molecule has 0 aliphatic carbocycles. The summed E-state index contributed by atoms with van der Waals surface area (Å²) in [6, 6.07) is 9.73. The second-order valence-electron chi connectivity index (χ2n) is 7.68. The van der Waals surface area contributed by atoms with Crippen molar-refractivity contribution in [2.75, 3.05) is 27.4 Å². The second kappa shape index (κ2) is 9.51. The van der Waals surface area contributed by atoms with Crippen LogP contribution >= 0.6 is 0 Å². The van der Waals surface area contributed by atoms with Crippen molar-refractivity contribution in [1.29, 1.82) is 0 Å². The summed E-state index contributed by atoms with van der Waals surface area (Å²) in [5, 5.41) is 0.834. The van der Waals surface area contributed by atoms with Crippen LogP contribution in [0.3, 0.4) is 0 Å². The predicted molar refractivity (Wildman–Crippen MR) is 114 cm³/mol. The SMILES string of the molecule is CC(C)N1C=CCC(C(=O)OCOC(=O)n2cc(CCN(C)C)c3c#cccc32)=C1. The van der Waals surface area contributed by atoms with Crippen LogP contribution in [0.5, 0.6) is 0 Å². The van der Waals surface area contributed by atoms with Gasteiger partial charge in [0.15, 0.2) is 0 Å². The van der Waals surface area contributed by atoms with Gasteiger partial charge in [-0.15, -0.1) is 0 Å². The quantitative estimate of drug-likeness (QED) is 0.516. The number of fused-ring (bicyclic) bond motifs is 1. The summed E-state index contributed by atoms with van der Waals surface area (Å²) in [7, 11) is 3.99. The van der Waals surface area contributed by atoms with Crippen molar-refractivity contribution < 1.29 is 19.1 Å². The van der Waals surface area contributed by atoms with Gasteiger partial charge < -0.3 is 19.3 Å². The van der Waals surface area contributed by atoms with Crippen molar-refractivity contribution in [2.45, 2.75) is 32.7 Å². The van der Waals surface area contributed by atoms with Gasteiger partial charge in [-0.3, -0.25) is 4.57 Å². The van der Waals surface area contributed by atoms with E-state index in [0.717, 1.165) is 23.9 Å². The van der Waals surface area contributed by atoms with E-state index in [0.29, 0.717) is 17.5 Å². The average molecular weight is 409 g/mol. The molecule has 1 aliphatic rings. The third-order valence-electron chi connectivity index (χ3n) is 4.82. The monoisotopic (exact) mass is 409 g/mol. The number of carbonyl (C=O) groups is 2. The van der Waals surface area contributed by atoms with Crippen molar-refractivity contribution in [3.05, 3.63) is 60.1 Å². The van der Waals surface area contributed by atoms with Crippen LogP contribution in [0.2, 0.25) is 0 Å². The number of hydrogen-bond acceptors (Lipinski definition) is 6. The molecular formula is C23H27N3O4. The van der Waals surface area contributed by atoms with Gasteiger partial charge in [-0.2, -0.15) is 0 Å². The molecule has 1 aliphatic heterocycles. The van der Waals surface area contributed by atoms with Crippen LogP contribution < -0.4 is 0 Å². The Balaban J connectivity index is 1.63. The van der Waals surface area contributed by atoms with E-state index in [1.54, 1.807) is 24.5 Å². The van der Waals surface area contributed by atoms with E-state index in [4.69, 9.17) is 9.47 Å². The predicted octanol–water partition coefficient (Wildman–Crippen LogP) is 3.34. The zero-order valence-corrected chi connectivity index (χ0v) is 17.8. The summed E-state index contributed by atoms with van der Waals surface area (Å²) in [6.07, 6.45) is 7.99. The molecule has 1 aromatic heterocycles. The number of esters is 1. The fourth-order valence-corrected chi connectivity index (χ4v) is 3.13. The van der Waals surface area contributed by atoms with Crippen molar-refractivity contribution in [2.24, 2.45) is 0 Å². The number of likely N-dealkylation sites (N-methyl/N-ethyl adjacent to an activating group) is 1. The smallest absolute Gasteiger partial charge is 0.421 e. The first-order chi connectivity index (χ1) is 14.4. The highest BCUT2D eigenvalue weighted by Crippen LogP contribution is 2.20. The van der Waals surface area contributed by atoms with Crippen LogP contribution in [0.25, 0.3) is 10.9 Å². The van der Waals surface area contributed by atoms with Gasteiger partial charge in [0.1, 0.15) is 0 Å². The summed E-state index contributed by atoms with van der Waals surface area (Å²) < 4.78 is 11.8. The summed E-state index contributed by atoms with van der Waals surface area (Å²) >= 11 is 0. The molecule has 0 N–H and O–H groups in total. The number of rotatable bonds is 7. The molecule has 158 valence electrons. The first-order valence-corrected chi connectivity index (χ1v) is 9.93. The van der Waals surface area contributed by atoms with Crippen LogP contribution in [-0.2, 0) is 20.7 Å². The van der Waals surface area contributed by atoms with Crippen molar-refractivity contribution in [3.8, 4) is 0 Å². The van der Waals surface area contributed by atoms with Gasteiger partial charge >= 0.3 is 12.1 Å². The van der Waals surface area contributed by atoms with E-state index in [1.807, 2.05) is 45.1 Å². The van der Waals surface area contributed by atoms with E-state index in [-0.39, 0.29) is 6.04 Å². The molecule has 0 saturated heterocycles. The lowest BCUT2D eigenvalue weighted by atomic mass is 10.1. The Hall–Kier alpha value is -3.24. The number of ether oxygens (including phenoxy) is 2. The Morgan fingerprint density at radius 1 is 1.27 bits per heavy atom. The Labute approximate surface area is 177 Å². The number of hydrogen-bond donors (Lipinski definition) is 0. The Morgan fingerprint density at radius 2 is 2.07 bits per heavy atom. The van der Waals surface area contributed by atoms with Crippen molar-refractivity contribution >= 4 is 23.0 Å². The van der Waals surface area contributed by atoms with Crippen molar-refractivity contribution in [3.63, 3.8) is 0 Å². The zero-order valence-electron chi connectivity index (χ0n) is 17.8. The van der Waals surface area contributed by atoms with Gasteiger partial charge in [-0.1, -0.05) is 18.2 Å². The van der Waals surface area contributed by atoms with E-state index in [9.17, 15) is 9.59 Å². The molecule has 0 atom stereocenters. The van der Waals surface area contributed by atoms with E-state index < -0.39 is 18.9 Å².